The highest BCUT2D eigenvalue weighted by Gasteiger charge is 2.23. The van der Waals surface area contributed by atoms with Crippen LogP contribution in [0.1, 0.15) is 26.5 Å². The molecule has 1 fully saturated rings. The molecule has 4 rings (SSSR count). The highest BCUT2D eigenvalue weighted by Crippen LogP contribution is 2.28. The number of carbonyl (C=O) groups excluding carboxylic acids is 2. The number of benzene rings is 2. The first kappa shape index (κ1) is 22.4. The molecule has 1 N–H and O–H groups in total. The van der Waals surface area contributed by atoms with Gasteiger partial charge in [-0.3, -0.25) is 14.5 Å². The van der Waals surface area contributed by atoms with Gasteiger partial charge in [0.1, 0.15) is 0 Å². The average molecular weight is 450 g/mol. The Balaban J connectivity index is 1.33. The fourth-order valence-corrected chi connectivity index (χ4v) is 3.86. The normalized spacial score (nSPS) is 14.1. The van der Waals surface area contributed by atoms with Crippen molar-refractivity contribution in [3.05, 3.63) is 77.7 Å². The molecule has 172 valence electrons. The second-order valence-corrected chi connectivity index (χ2v) is 7.77. The van der Waals surface area contributed by atoms with Gasteiger partial charge >= 0.3 is 0 Å². The third-order valence-corrected chi connectivity index (χ3v) is 5.63. The van der Waals surface area contributed by atoms with E-state index in [1.807, 2.05) is 23.1 Å². The zero-order chi connectivity index (χ0) is 23.2. The molecule has 1 aromatic heterocycles. The van der Waals surface area contributed by atoms with Crippen LogP contribution in [0.4, 0.5) is 5.69 Å². The zero-order valence-electron chi connectivity index (χ0n) is 18.7. The van der Waals surface area contributed by atoms with Gasteiger partial charge in [-0.1, -0.05) is 12.1 Å². The summed E-state index contributed by atoms with van der Waals surface area (Å²) in [5, 5.41) is 2.76. The second kappa shape index (κ2) is 10.2. The van der Waals surface area contributed by atoms with Crippen LogP contribution in [0.5, 0.6) is 11.5 Å². The van der Waals surface area contributed by atoms with E-state index in [1.165, 1.54) is 6.26 Å². The Morgan fingerprint density at radius 3 is 2.42 bits per heavy atom. The lowest BCUT2D eigenvalue weighted by Gasteiger charge is -2.35. The number of hydrogen-bond acceptors (Lipinski definition) is 6. The monoisotopic (exact) mass is 449 g/mol. The van der Waals surface area contributed by atoms with Crippen molar-refractivity contribution in [3.8, 4) is 11.5 Å². The lowest BCUT2D eigenvalue weighted by Crippen LogP contribution is -2.48. The van der Waals surface area contributed by atoms with Crippen molar-refractivity contribution in [1.82, 2.24) is 9.80 Å². The number of furan rings is 1. The molecule has 0 atom stereocenters. The molecule has 0 bridgehead atoms. The number of piperazine rings is 1. The lowest BCUT2D eigenvalue weighted by molar-refractivity contribution is 0.0628. The number of ether oxygens (including phenoxy) is 2. The van der Waals surface area contributed by atoms with E-state index in [0.29, 0.717) is 35.8 Å². The summed E-state index contributed by atoms with van der Waals surface area (Å²) in [6.07, 6.45) is 1.44. The SMILES string of the molecule is COc1ccc(CN2CCN(C(=O)c3cccc(NC(=O)c4ccco4)c3)CC2)cc1OC. The van der Waals surface area contributed by atoms with Crippen LogP contribution in [0.15, 0.2) is 65.3 Å². The van der Waals surface area contributed by atoms with Gasteiger partial charge in [-0.15, -0.1) is 0 Å². The molecule has 2 heterocycles. The zero-order valence-corrected chi connectivity index (χ0v) is 18.7. The highest BCUT2D eigenvalue weighted by atomic mass is 16.5. The van der Waals surface area contributed by atoms with Crippen molar-refractivity contribution in [1.29, 1.82) is 0 Å². The Bertz CT molecular complexity index is 1100. The van der Waals surface area contributed by atoms with Gasteiger partial charge in [0.15, 0.2) is 17.3 Å². The van der Waals surface area contributed by atoms with E-state index in [4.69, 9.17) is 13.9 Å². The molecule has 3 aromatic rings. The first-order chi connectivity index (χ1) is 16.1. The van der Waals surface area contributed by atoms with E-state index >= 15 is 0 Å². The van der Waals surface area contributed by atoms with Gasteiger partial charge < -0.3 is 24.1 Å². The van der Waals surface area contributed by atoms with E-state index in [9.17, 15) is 9.59 Å². The van der Waals surface area contributed by atoms with Crippen LogP contribution in [0.2, 0.25) is 0 Å². The van der Waals surface area contributed by atoms with Crippen molar-refractivity contribution in [2.75, 3.05) is 45.7 Å². The second-order valence-electron chi connectivity index (χ2n) is 7.77. The summed E-state index contributed by atoms with van der Waals surface area (Å²) in [4.78, 5) is 29.4. The first-order valence-electron chi connectivity index (χ1n) is 10.7. The van der Waals surface area contributed by atoms with Crippen molar-refractivity contribution in [2.45, 2.75) is 6.54 Å². The number of amides is 2. The standard InChI is InChI=1S/C25H27N3O5/c1-31-21-9-8-18(15-23(21)32-2)17-27-10-12-28(13-11-27)25(30)19-5-3-6-20(16-19)26-24(29)22-7-4-14-33-22/h3-9,14-16H,10-13,17H2,1-2H3,(H,26,29). The van der Waals surface area contributed by atoms with Crippen LogP contribution in [0.25, 0.3) is 0 Å². The molecule has 2 amide bonds. The van der Waals surface area contributed by atoms with Crippen molar-refractivity contribution >= 4 is 17.5 Å². The number of nitrogens with one attached hydrogen (secondary N) is 1. The van der Waals surface area contributed by atoms with Crippen LogP contribution >= 0.6 is 0 Å². The Morgan fingerprint density at radius 2 is 1.73 bits per heavy atom. The maximum atomic E-state index is 13.0. The molecule has 1 aliphatic heterocycles. The summed E-state index contributed by atoms with van der Waals surface area (Å²) in [7, 11) is 3.25. The van der Waals surface area contributed by atoms with E-state index < -0.39 is 0 Å². The maximum absolute atomic E-state index is 13.0. The smallest absolute Gasteiger partial charge is 0.291 e. The van der Waals surface area contributed by atoms with Crippen LogP contribution in [-0.4, -0.2) is 62.0 Å². The maximum Gasteiger partial charge on any atom is 0.291 e. The third-order valence-electron chi connectivity index (χ3n) is 5.63. The molecular formula is C25H27N3O5. The minimum Gasteiger partial charge on any atom is -0.493 e. The number of hydrogen-bond donors (Lipinski definition) is 1. The molecule has 0 spiro atoms. The molecule has 2 aromatic carbocycles. The van der Waals surface area contributed by atoms with E-state index in [1.54, 1.807) is 50.6 Å². The molecule has 0 saturated carbocycles. The minimum atomic E-state index is -0.353. The number of anilines is 1. The van der Waals surface area contributed by atoms with Crippen molar-refractivity contribution in [2.24, 2.45) is 0 Å². The fraction of sp³-hybridized carbons (Fsp3) is 0.280. The third kappa shape index (κ3) is 5.35. The lowest BCUT2D eigenvalue weighted by atomic mass is 10.1. The topological polar surface area (TPSA) is 84.3 Å². The molecule has 0 aliphatic carbocycles. The molecule has 0 unspecified atom stereocenters. The largest absolute Gasteiger partial charge is 0.493 e. The number of nitrogens with zero attached hydrogens (tertiary/aromatic N) is 2. The molecule has 0 radical (unpaired) electrons. The molecule has 33 heavy (non-hydrogen) atoms. The van der Waals surface area contributed by atoms with Gasteiger partial charge in [-0.2, -0.15) is 0 Å². The summed E-state index contributed by atoms with van der Waals surface area (Å²) in [5.74, 6) is 1.24. The van der Waals surface area contributed by atoms with Gasteiger partial charge in [-0.25, -0.2) is 0 Å². The summed E-state index contributed by atoms with van der Waals surface area (Å²) >= 11 is 0. The van der Waals surface area contributed by atoms with Crippen molar-refractivity contribution < 1.29 is 23.5 Å². The molecule has 8 heteroatoms. The predicted octanol–water partition coefficient (Wildman–Crippen LogP) is 3.51. The fourth-order valence-electron chi connectivity index (χ4n) is 3.86. The summed E-state index contributed by atoms with van der Waals surface area (Å²) in [6.45, 7) is 3.59. The molecule has 1 aliphatic rings. The van der Waals surface area contributed by atoms with E-state index in [2.05, 4.69) is 10.2 Å². The average Bonchev–Trinajstić information content (AvgIpc) is 3.39. The minimum absolute atomic E-state index is 0.0464. The Hall–Kier alpha value is -3.78. The van der Waals surface area contributed by atoms with Gasteiger partial charge in [0.2, 0.25) is 0 Å². The molecular weight excluding hydrogens is 422 g/mol. The van der Waals surface area contributed by atoms with Crippen LogP contribution < -0.4 is 14.8 Å². The summed E-state index contributed by atoms with van der Waals surface area (Å²) in [6, 6.07) is 16.1. The predicted molar refractivity (Wildman–Crippen MR) is 124 cm³/mol. The van der Waals surface area contributed by atoms with Crippen LogP contribution in [-0.2, 0) is 6.54 Å². The number of carbonyl (C=O) groups is 2. The van der Waals surface area contributed by atoms with Crippen LogP contribution in [0.3, 0.4) is 0 Å². The van der Waals surface area contributed by atoms with Gasteiger partial charge in [0, 0.05) is 44.0 Å². The Labute approximate surface area is 192 Å². The van der Waals surface area contributed by atoms with Crippen LogP contribution in [0, 0.1) is 0 Å². The number of methoxy groups -OCH3 is 2. The van der Waals surface area contributed by atoms with Gasteiger partial charge in [-0.05, 0) is 48.0 Å². The van der Waals surface area contributed by atoms with Gasteiger partial charge in [0.25, 0.3) is 11.8 Å². The highest BCUT2D eigenvalue weighted by molar-refractivity contribution is 6.03. The molecule has 1 saturated heterocycles. The van der Waals surface area contributed by atoms with Gasteiger partial charge in [0.05, 0.1) is 20.5 Å². The molecule has 8 nitrogen and oxygen atoms in total. The number of rotatable bonds is 7. The van der Waals surface area contributed by atoms with E-state index in [0.717, 1.165) is 25.2 Å². The quantitative estimate of drug-likeness (QED) is 0.594. The van der Waals surface area contributed by atoms with Crippen molar-refractivity contribution in [3.63, 3.8) is 0 Å². The Kier molecular flexibility index (Phi) is 6.95. The van der Waals surface area contributed by atoms with E-state index in [-0.39, 0.29) is 17.6 Å². The summed E-state index contributed by atoms with van der Waals surface area (Å²) in [5.41, 5.74) is 2.22. The summed E-state index contributed by atoms with van der Waals surface area (Å²) < 4.78 is 15.8. The first-order valence-corrected chi connectivity index (χ1v) is 10.7. The Morgan fingerprint density at radius 1 is 0.939 bits per heavy atom.